The minimum absolute atomic E-state index is 0.0212. The second kappa shape index (κ2) is 9.32. The smallest absolute Gasteiger partial charge is 0.267 e. The third-order valence-electron chi connectivity index (χ3n) is 6.17. The first-order valence-electron chi connectivity index (χ1n) is 11.0. The highest BCUT2D eigenvalue weighted by Gasteiger charge is 2.23. The molecule has 0 amide bonds. The third-order valence-corrected chi connectivity index (χ3v) is 7.17. The Morgan fingerprint density at radius 3 is 3.13 bits per heavy atom. The minimum atomic E-state index is 0.0212. The summed E-state index contributed by atoms with van der Waals surface area (Å²) in [5.74, 6) is 2.82. The van der Waals surface area contributed by atoms with E-state index >= 15 is 0 Å². The van der Waals surface area contributed by atoms with E-state index in [0.717, 1.165) is 66.4 Å². The first kappa shape index (κ1) is 20.4. The molecule has 0 radical (unpaired) electrons. The van der Waals surface area contributed by atoms with Gasteiger partial charge in [0.25, 0.3) is 5.56 Å². The Bertz CT molecular complexity index is 1110. The summed E-state index contributed by atoms with van der Waals surface area (Å²) in [4.78, 5) is 28.0. The molecule has 0 bridgehead atoms. The number of likely N-dealkylation sites (tertiary alicyclic amines) is 1. The van der Waals surface area contributed by atoms with E-state index in [2.05, 4.69) is 30.3 Å². The van der Waals surface area contributed by atoms with Crippen molar-refractivity contribution in [1.82, 2.24) is 29.6 Å². The molecule has 3 aromatic rings. The van der Waals surface area contributed by atoms with Crippen LogP contribution in [0.2, 0.25) is 0 Å². The molecular formula is C22H27N7OS. The number of thioether (sulfide) groups is 1. The average Bonchev–Trinajstić information content (AvgIpc) is 2.82. The average molecular weight is 438 g/mol. The van der Waals surface area contributed by atoms with Crippen molar-refractivity contribution in [2.75, 3.05) is 30.7 Å². The highest BCUT2D eigenvalue weighted by Crippen LogP contribution is 2.22. The lowest BCUT2D eigenvalue weighted by Crippen LogP contribution is -2.45. The van der Waals surface area contributed by atoms with Gasteiger partial charge in [0.15, 0.2) is 5.65 Å². The molecule has 5 rings (SSSR count). The van der Waals surface area contributed by atoms with Crippen molar-refractivity contribution in [2.24, 2.45) is 0 Å². The normalized spacial score (nSPS) is 19.3. The molecule has 1 unspecified atom stereocenters. The van der Waals surface area contributed by atoms with E-state index in [1.807, 2.05) is 23.9 Å². The Hall–Kier alpha value is -2.52. The summed E-state index contributed by atoms with van der Waals surface area (Å²) in [6, 6.07) is 6.10. The van der Waals surface area contributed by atoms with Crippen LogP contribution in [0.1, 0.15) is 30.5 Å². The van der Waals surface area contributed by atoms with E-state index in [9.17, 15) is 4.79 Å². The van der Waals surface area contributed by atoms with Gasteiger partial charge in [0, 0.05) is 43.6 Å². The zero-order valence-electron chi connectivity index (χ0n) is 17.5. The van der Waals surface area contributed by atoms with E-state index < -0.39 is 0 Å². The summed E-state index contributed by atoms with van der Waals surface area (Å²) in [7, 11) is 0. The Kier molecular flexibility index (Phi) is 6.13. The maximum absolute atomic E-state index is 12.5. The van der Waals surface area contributed by atoms with Gasteiger partial charge in [-0.15, -0.1) is 0 Å². The van der Waals surface area contributed by atoms with Crippen LogP contribution in [-0.2, 0) is 18.7 Å². The summed E-state index contributed by atoms with van der Waals surface area (Å²) in [6.45, 7) is 3.33. The number of anilines is 1. The van der Waals surface area contributed by atoms with Crippen LogP contribution in [0.4, 0.5) is 5.82 Å². The molecule has 1 N–H and O–H groups in total. The summed E-state index contributed by atoms with van der Waals surface area (Å²) < 4.78 is 1.66. The van der Waals surface area contributed by atoms with Crippen molar-refractivity contribution in [3.05, 3.63) is 52.3 Å². The molecule has 2 aliphatic rings. The summed E-state index contributed by atoms with van der Waals surface area (Å²) in [6.07, 6.45) is 7.82. The van der Waals surface area contributed by atoms with Gasteiger partial charge < -0.3 is 5.32 Å². The molecular weight excluding hydrogens is 410 g/mol. The Morgan fingerprint density at radius 1 is 1.19 bits per heavy atom. The van der Waals surface area contributed by atoms with Crippen LogP contribution in [0.25, 0.3) is 11.0 Å². The minimum Gasteiger partial charge on any atom is -0.368 e. The van der Waals surface area contributed by atoms with E-state index in [1.54, 1.807) is 23.3 Å². The van der Waals surface area contributed by atoms with Gasteiger partial charge in [0.2, 0.25) is 0 Å². The number of hydrogen-bond donors (Lipinski definition) is 1. The highest BCUT2D eigenvalue weighted by atomic mass is 32.2. The van der Waals surface area contributed by atoms with Gasteiger partial charge >= 0.3 is 0 Å². The lowest BCUT2D eigenvalue weighted by atomic mass is 10.0. The predicted molar refractivity (Wildman–Crippen MR) is 123 cm³/mol. The van der Waals surface area contributed by atoms with Crippen LogP contribution in [0.5, 0.6) is 0 Å². The highest BCUT2D eigenvalue weighted by molar-refractivity contribution is 7.98. The monoisotopic (exact) mass is 437 g/mol. The molecule has 0 aliphatic carbocycles. The summed E-state index contributed by atoms with van der Waals surface area (Å²) in [5.41, 5.74) is 2.94. The zero-order valence-corrected chi connectivity index (χ0v) is 18.4. The van der Waals surface area contributed by atoms with Gasteiger partial charge in [0.1, 0.15) is 12.1 Å². The topological polar surface area (TPSA) is 88.8 Å². The van der Waals surface area contributed by atoms with E-state index in [1.165, 1.54) is 12.8 Å². The predicted octanol–water partition coefficient (Wildman–Crippen LogP) is 2.34. The number of aromatic nitrogens is 5. The fraction of sp³-hybridized carbons (Fsp3) is 0.500. The van der Waals surface area contributed by atoms with Crippen molar-refractivity contribution < 1.29 is 0 Å². The first-order chi connectivity index (χ1) is 15.3. The van der Waals surface area contributed by atoms with Crippen LogP contribution >= 0.6 is 11.8 Å². The Balaban J connectivity index is 1.25. The number of aryl methyl sites for hydroxylation is 1. The fourth-order valence-electron chi connectivity index (χ4n) is 4.47. The number of nitrogens with one attached hydrogen (secondary N) is 1. The third kappa shape index (κ3) is 4.57. The quantitative estimate of drug-likeness (QED) is 0.629. The number of pyridine rings is 1. The molecule has 0 spiro atoms. The number of hydrogen-bond acceptors (Lipinski definition) is 8. The molecule has 5 heterocycles. The van der Waals surface area contributed by atoms with Gasteiger partial charge in [-0.25, -0.2) is 19.6 Å². The molecule has 0 saturated carbocycles. The van der Waals surface area contributed by atoms with Crippen molar-refractivity contribution >= 4 is 28.6 Å². The van der Waals surface area contributed by atoms with Crippen LogP contribution < -0.4 is 10.9 Å². The SMILES string of the molecule is O=c1cc2c(nn1CCN1CCCCC1CNc1ncnc3ncccc13)CCSC2. The molecule has 1 saturated heterocycles. The molecule has 2 aliphatic heterocycles. The maximum atomic E-state index is 12.5. The van der Waals surface area contributed by atoms with Gasteiger partial charge in [-0.05, 0) is 42.8 Å². The van der Waals surface area contributed by atoms with Gasteiger partial charge in [0.05, 0.1) is 17.6 Å². The molecule has 0 aromatic carbocycles. The maximum Gasteiger partial charge on any atom is 0.267 e. The van der Waals surface area contributed by atoms with Crippen molar-refractivity contribution in [3.8, 4) is 0 Å². The summed E-state index contributed by atoms with van der Waals surface area (Å²) >= 11 is 1.88. The van der Waals surface area contributed by atoms with Gasteiger partial charge in [-0.3, -0.25) is 9.69 Å². The van der Waals surface area contributed by atoms with Crippen LogP contribution in [0.15, 0.2) is 35.5 Å². The molecule has 9 heteroatoms. The number of nitrogens with zero attached hydrogens (tertiary/aromatic N) is 6. The molecule has 162 valence electrons. The molecule has 8 nitrogen and oxygen atoms in total. The van der Waals surface area contributed by atoms with Crippen LogP contribution in [0, 0.1) is 0 Å². The van der Waals surface area contributed by atoms with E-state index in [4.69, 9.17) is 0 Å². The second-order valence-corrected chi connectivity index (χ2v) is 9.25. The lowest BCUT2D eigenvalue weighted by Gasteiger charge is -2.36. The molecule has 1 atom stereocenters. The van der Waals surface area contributed by atoms with Gasteiger partial charge in [-0.2, -0.15) is 16.9 Å². The summed E-state index contributed by atoms with van der Waals surface area (Å²) in [5, 5.41) is 9.13. The largest absolute Gasteiger partial charge is 0.368 e. The number of rotatable bonds is 6. The molecule has 31 heavy (non-hydrogen) atoms. The zero-order chi connectivity index (χ0) is 21.0. The van der Waals surface area contributed by atoms with E-state index in [0.29, 0.717) is 18.2 Å². The fourth-order valence-corrected chi connectivity index (χ4v) is 5.42. The molecule has 3 aromatic heterocycles. The van der Waals surface area contributed by atoms with Gasteiger partial charge in [-0.1, -0.05) is 6.42 Å². The van der Waals surface area contributed by atoms with Crippen molar-refractivity contribution in [3.63, 3.8) is 0 Å². The second-order valence-electron chi connectivity index (χ2n) is 8.14. The number of piperidine rings is 1. The number of fused-ring (bicyclic) bond motifs is 2. The van der Waals surface area contributed by atoms with E-state index in [-0.39, 0.29) is 5.56 Å². The Morgan fingerprint density at radius 2 is 2.16 bits per heavy atom. The van der Waals surface area contributed by atoms with Crippen LogP contribution in [-0.4, -0.2) is 61.1 Å². The first-order valence-corrected chi connectivity index (χ1v) is 12.1. The van der Waals surface area contributed by atoms with Crippen molar-refractivity contribution in [2.45, 2.75) is 44.0 Å². The lowest BCUT2D eigenvalue weighted by molar-refractivity contribution is 0.148. The van der Waals surface area contributed by atoms with Crippen LogP contribution in [0.3, 0.4) is 0 Å². The van der Waals surface area contributed by atoms with Crippen molar-refractivity contribution in [1.29, 1.82) is 0 Å². The standard InChI is InChI=1S/C22H27N7OS/c30-20-12-16-14-31-11-6-19(16)27-29(20)10-9-28-8-2-1-4-17(28)13-24-22-18-5-3-7-23-21(18)25-15-26-22/h3,5,7,12,15,17H,1-2,4,6,8-11,13-14H2,(H,23,24,25,26). The molecule has 1 fully saturated rings. The Labute approximate surface area is 185 Å².